The zero-order chi connectivity index (χ0) is 24.9. The first kappa shape index (κ1) is 24.6. The van der Waals surface area contributed by atoms with Crippen molar-refractivity contribution in [2.75, 3.05) is 32.6 Å². The molecule has 1 saturated heterocycles. The van der Waals surface area contributed by atoms with Gasteiger partial charge in [-0.1, -0.05) is 12.1 Å². The lowest BCUT2D eigenvalue weighted by atomic mass is 9.94. The summed E-state index contributed by atoms with van der Waals surface area (Å²) < 4.78 is 10.5. The third-order valence-corrected chi connectivity index (χ3v) is 6.74. The van der Waals surface area contributed by atoms with Gasteiger partial charge in [0.05, 0.1) is 20.3 Å². The summed E-state index contributed by atoms with van der Waals surface area (Å²) in [6.45, 7) is 2.98. The number of nitrogens with zero attached hydrogens (tertiary/aromatic N) is 1. The maximum atomic E-state index is 13.0. The van der Waals surface area contributed by atoms with E-state index in [0.717, 1.165) is 24.1 Å². The van der Waals surface area contributed by atoms with Crippen LogP contribution < -0.4 is 20.1 Å². The molecule has 8 nitrogen and oxygen atoms in total. The molecule has 4 rings (SSSR count). The number of carbonyl (C=O) groups excluding carboxylic acids is 3. The Kier molecular flexibility index (Phi) is 7.58. The molecular weight excluding hydrogens is 446 g/mol. The average molecular weight is 480 g/mol. The van der Waals surface area contributed by atoms with E-state index in [4.69, 9.17) is 9.47 Å². The number of ether oxygens (including phenoxy) is 2. The number of rotatable bonds is 8. The Labute approximate surface area is 206 Å². The summed E-state index contributed by atoms with van der Waals surface area (Å²) in [5, 5.41) is 6.03. The van der Waals surface area contributed by atoms with Crippen LogP contribution in [0.4, 0.5) is 5.69 Å². The van der Waals surface area contributed by atoms with Crippen molar-refractivity contribution >= 4 is 23.4 Å². The Morgan fingerprint density at radius 2 is 1.43 bits per heavy atom. The highest BCUT2D eigenvalue weighted by atomic mass is 16.5. The number of benzene rings is 2. The summed E-state index contributed by atoms with van der Waals surface area (Å²) in [7, 11) is 3.10. The van der Waals surface area contributed by atoms with E-state index in [0.29, 0.717) is 43.0 Å². The van der Waals surface area contributed by atoms with E-state index in [2.05, 4.69) is 10.6 Å². The molecule has 2 aromatic rings. The van der Waals surface area contributed by atoms with E-state index >= 15 is 0 Å². The second-order valence-electron chi connectivity index (χ2n) is 9.28. The molecule has 2 aliphatic rings. The zero-order valence-corrected chi connectivity index (χ0v) is 20.5. The molecule has 0 bridgehead atoms. The van der Waals surface area contributed by atoms with Crippen LogP contribution in [0.15, 0.2) is 42.5 Å². The Balaban J connectivity index is 1.28. The molecule has 2 aromatic carbocycles. The van der Waals surface area contributed by atoms with E-state index < -0.39 is 0 Å². The number of methoxy groups -OCH3 is 2. The molecule has 1 saturated carbocycles. The molecule has 0 aromatic heterocycles. The van der Waals surface area contributed by atoms with E-state index in [-0.39, 0.29) is 35.6 Å². The van der Waals surface area contributed by atoms with Gasteiger partial charge < -0.3 is 25.0 Å². The molecule has 1 aliphatic carbocycles. The van der Waals surface area contributed by atoms with Gasteiger partial charge >= 0.3 is 0 Å². The fourth-order valence-corrected chi connectivity index (χ4v) is 4.32. The minimum absolute atomic E-state index is 0.00115. The average Bonchev–Trinajstić information content (AvgIpc) is 3.74. The number of amides is 3. The predicted octanol–water partition coefficient (Wildman–Crippen LogP) is 3.78. The molecule has 8 heteroatoms. The lowest BCUT2D eigenvalue weighted by molar-refractivity contribution is -0.127. The maximum Gasteiger partial charge on any atom is 0.254 e. The largest absolute Gasteiger partial charge is 0.497 e. The van der Waals surface area contributed by atoms with Crippen molar-refractivity contribution in [2.24, 2.45) is 11.8 Å². The number of hydrogen-bond donors (Lipinski definition) is 2. The molecule has 0 spiro atoms. The van der Waals surface area contributed by atoms with Gasteiger partial charge in [0.25, 0.3) is 5.91 Å². The quantitative estimate of drug-likeness (QED) is 0.601. The Hall–Kier alpha value is -3.55. The maximum absolute atomic E-state index is 13.0. The third-order valence-electron chi connectivity index (χ3n) is 6.74. The van der Waals surface area contributed by atoms with E-state index in [1.807, 2.05) is 31.2 Å². The summed E-state index contributed by atoms with van der Waals surface area (Å²) in [4.78, 5) is 39.6. The molecule has 2 fully saturated rings. The Morgan fingerprint density at radius 3 is 1.97 bits per heavy atom. The van der Waals surface area contributed by atoms with Gasteiger partial charge in [-0.3, -0.25) is 14.4 Å². The number of carbonyl (C=O) groups is 3. The number of hydrogen-bond acceptors (Lipinski definition) is 5. The van der Waals surface area contributed by atoms with Crippen molar-refractivity contribution in [3.63, 3.8) is 0 Å². The summed E-state index contributed by atoms with van der Waals surface area (Å²) in [5.41, 5.74) is 2.26. The lowest BCUT2D eigenvalue weighted by Gasteiger charge is -2.32. The van der Waals surface area contributed by atoms with Crippen molar-refractivity contribution < 1.29 is 23.9 Å². The smallest absolute Gasteiger partial charge is 0.254 e. The molecular formula is C27H33N3O5. The van der Waals surface area contributed by atoms with E-state index in [9.17, 15) is 14.4 Å². The summed E-state index contributed by atoms with van der Waals surface area (Å²) >= 11 is 0. The fourth-order valence-electron chi connectivity index (χ4n) is 4.32. The third kappa shape index (κ3) is 6.12. The highest BCUT2D eigenvalue weighted by molar-refractivity contribution is 5.95. The van der Waals surface area contributed by atoms with Gasteiger partial charge in [0.1, 0.15) is 11.5 Å². The van der Waals surface area contributed by atoms with Gasteiger partial charge in [-0.05, 0) is 62.4 Å². The van der Waals surface area contributed by atoms with Crippen molar-refractivity contribution in [1.29, 1.82) is 0 Å². The van der Waals surface area contributed by atoms with Crippen molar-refractivity contribution in [1.82, 2.24) is 10.2 Å². The van der Waals surface area contributed by atoms with Gasteiger partial charge in [-0.15, -0.1) is 0 Å². The van der Waals surface area contributed by atoms with Crippen LogP contribution in [0.3, 0.4) is 0 Å². The van der Waals surface area contributed by atoms with Gasteiger partial charge in [0.15, 0.2) is 0 Å². The first-order valence-corrected chi connectivity index (χ1v) is 12.1. The first-order valence-electron chi connectivity index (χ1n) is 12.1. The monoisotopic (exact) mass is 479 g/mol. The zero-order valence-electron chi connectivity index (χ0n) is 20.5. The number of nitrogens with one attached hydrogen (secondary N) is 2. The van der Waals surface area contributed by atoms with Crippen LogP contribution in [0, 0.1) is 11.8 Å². The molecule has 0 radical (unpaired) electrons. The molecule has 35 heavy (non-hydrogen) atoms. The van der Waals surface area contributed by atoms with E-state index in [1.165, 1.54) is 0 Å². The molecule has 1 unspecified atom stereocenters. The van der Waals surface area contributed by atoms with Crippen LogP contribution in [-0.4, -0.2) is 49.9 Å². The SMILES string of the molecule is COc1cc(OC)cc(C(=O)N2CCC(C(=O)NC(C)c3ccc(NC(=O)C4CC4)cc3)CC2)c1. The molecule has 2 N–H and O–H groups in total. The van der Waals surface area contributed by atoms with Crippen molar-refractivity contribution in [3.05, 3.63) is 53.6 Å². The molecule has 1 atom stereocenters. The second-order valence-corrected chi connectivity index (χ2v) is 9.28. The highest BCUT2D eigenvalue weighted by Crippen LogP contribution is 2.30. The van der Waals surface area contributed by atoms with Gasteiger partial charge in [-0.2, -0.15) is 0 Å². The topological polar surface area (TPSA) is 97.0 Å². The lowest BCUT2D eigenvalue weighted by Crippen LogP contribution is -2.43. The summed E-state index contributed by atoms with van der Waals surface area (Å²) in [6.07, 6.45) is 3.15. The molecule has 1 heterocycles. The first-order chi connectivity index (χ1) is 16.9. The van der Waals surface area contributed by atoms with Crippen LogP contribution in [-0.2, 0) is 9.59 Å². The van der Waals surface area contributed by atoms with Crippen LogP contribution in [0.1, 0.15) is 54.6 Å². The second kappa shape index (κ2) is 10.8. The van der Waals surface area contributed by atoms with E-state index in [1.54, 1.807) is 37.3 Å². The van der Waals surface area contributed by atoms with Crippen LogP contribution in [0.25, 0.3) is 0 Å². The molecule has 186 valence electrons. The van der Waals surface area contributed by atoms with Crippen LogP contribution >= 0.6 is 0 Å². The van der Waals surface area contributed by atoms with Crippen LogP contribution in [0.5, 0.6) is 11.5 Å². The van der Waals surface area contributed by atoms with Gasteiger partial charge in [-0.25, -0.2) is 0 Å². The number of likely N-dealkylation sites (tertiary alicyclic amines) is 1. The van der Waals surface area contributed by atoms with Crippen molar-refractivity contribution in [3.8, 4) is 11.5 Å². The highest BCUT2D eigenvalue weighted by Gasteiger charge is 2.30. The minimum atomic E-state index is -0.153. The van der Waals surface area contributed by atoms with Crippen LogP contribution in [0.2, 0.25) is 0 Å². The van der Waals surface area contributed by atoms with Crippen molar-refractivity contribution in [2.45, 2.75) is 38.6 Å². The van der Waals surface area contributed by atoms with Gasteiger partial charge in [0, 0.05) is 42.2 Å². The Morgan fingerprint density at radius 1 is 0.857 bits per heavy atom. The number of piperidine rings is 1. The normalized spacial score (nSPS) is 16.8. The minimum Gasteiger partial charge on any atom is -0.497 e. The summed E-state index contributed by atoms with van der Waals surface area (Å²) in [6, 6.07) is 12.6. The summed E-state index contributed by atoms with van der Waals surface area (Å²) in [5.74, 6) is 1.13. The fraction of sp³-hybridized carbons (Fsp3) is 0.444. The van der Waals surface area contributed by atoms with Gasteiger partial charge in [0.2, 0.25) is 11.8 Å². The molecule has 1 aliphatic heterocycles. The molecule has 3 amide bonds. The standard InChI is InChI=1S/C27H33N3O5/c1-17(18-6-8-22(9-7-18)29-26(32)19-4-5-19)28-25(31)20-10-12-30(13-11-20)27(33)21-14-23(34-2)16-24(15-21)35-3/h6-9,14-17,19-20H,4-5,10-13H2,1-3H3,(H,28,31)(H,29,32). The predicted molar refractivity (Wildman–Crippen MR) is 133 cm³/mol. The number of anilines is 1. The Bertz CT molecular complexity index is 1050.